The molecule has 2 aromatic carbocycles. The molecule has 1 atom stereocenters. The van der Waals surface area contributed by atoms with E-state index in [1.54, 1.807) is 0 Å². The molecule has 0 unspecified atom stereocenters. The first-order valence-electron chi connectivity index (χ1n) is 8.67. The number of nitrogens with zero attached hydrogens (tertiary/aromatic N) is 3. The standard InChI is InChI=1S/C22H23N3O/c1-17(26)21-23-25(19-13-9-6-10-14-19)20(15-16-22(2,3)4)24(21)18-11-7-5-8-12-18/h5-14,20H,1-4H3/t20-/m0/s1. The normalized spacial score (nSPS) is 16.8. The van der Waals surface area contributed by atoms with Gasteiger partial charge in [0.15, 0.2) is 17.8 Å². The minimum absolute atomic E-state index is 0.0881. The molecule has 0 saturated heterocycles. The van der Waals surface area contributed by atoms with E-state index < -0.39 is 0 Å². The van der Waals surface area contributed by atoms with Gasteiger partial charge in [0.25, 0.3) is 0 Å². The topological polar surface area (TPSA) is 35.9 Å². The molecule has 26 heavy (non-hydrogen) atoms. The van der Waals surface area contributed by atoms with E-state index in [0.29, 0.717) is 5.84 Å². The van der Waals surface area contributed by atoms with Crippen LogP contribution in [0.2, 0.25) is 0 Å². The molecule has 0 aromatic heterocycles. The maximum absolute atomic E-state index is 12.3. The number of anilines is 2. The number of carbonyl (C=O) groups excluding carboxylic acids is 1. The van der Waals surface area contributed by atoms with Gasteiger partial charge in [-0.2, -0.15) is 0 Å². The number of Topliss-reactive ketones (excluding diaryl/α,β-unsaturated/α-hetero) is 1. The molecule has 0 N–H and O–H groups in total. The van der Waals surface area contributed by atoms with Crippen LogP contribution in [0.15, 0.2) is 65.8 Å². The third-order valence-electron chi connectivity index (χ3n) is 3.85. The van der Waals surface area contributed by atoms with Gasteiger partial charge in [0, 0.05) is 18.0 Å². The Morgan fingerprint density at radius 1 is 0.962 bits per heavy atom. The Morgan fingerprint density at radius 2 is 1.50 bits per heavy atom. The van der Waals surface area contributed by atoms with E-state index in [4.69, 9.17) is 0 Å². The molecule has 0 amide bonds. The average molecular weight is 345 g/mol. The van der Waals surface area contributed by atoms with E-state index in [2.05, 4.69) is 37.7 Å². The van der Waals surface area contributed by atoms with E-state index in [0.717, 1.165) is 11.4 Å². The number of benzene rings is 2. The van der Waals surface area contributed by atoms with Crippen molar-refractivity contribution in [2.45, 2.75) is 33.9 Å². The second kappa shape index (κ2) is 7.05. The van der Waals surface area contributed by atoms with Crippen molar-refractivity contribution >= 4 is 23.0 Å². The van der Waals surface area contributed by atoms with E-state index >= 15 is 0 Å². The lowest BCUT2D eigenvalue weighted by Gasteiger charge is -2.28. The van der Waals surface area contributed by atoms with Crippen LogP contribution in [0.1, 0.15) is 27.7 Å². The minimum Gasteiger partial charge on any atom is -0.291 e. The molecule has 1 aliphatic rings. The van der Waals surface area contributed by atoms with Crippen LogP contribution in [0, 0.1) is 17.3 Å². The van der Waals surface area contributed by atoms with Gasteiger partial charge in [0.05, 0.1) is 5.69 Å². The number of hydrazone groups is 1. The van der Waals surface area contributed by atoms with Gasteiger partial charge in [-0.1, -0.05) is 48.2 Å². The van der Waals surface area contributed by atoms with Crippen molar-refractivity contribution in [3.05, 3.63) is 60.7 Å². The van der Waals surface area contributed by atoms with Gasteiger partial charge in [-0.05, 0) is 45.0 Å². The van der Waals surface area contributed by atoms with E-state index in [-0.39, 0.29) is 17.4 Å². The lowest BCUT2D eigenvalue weighted by atomic mass is 9.98. The summed E-state index contributed by atoms with van der Waals surface area (Å²) in [5, 5.41) is 6.44. The van der Waals surface area contributed by atoms with Crippen molar-refractivity contribution < 1.29 is 4.79 Å². The Morgan fingerprint density at radius 3 is 2.00 bits per heavy atom. The van der Waals surface area contributed by atoms with E-state index in [1.807, 2.05) is 70.6 Å². The predicted molar refractivity (Wildman–Crippen MR) is 107 cm³/mol. The van der Waals surface area contributed by atoms with Crippen LogP contribution in [0.3, 0.4) is 0 Å². The van der Waals surface area contributed by atoms with Crippen molar-refractivity contribution in [1.29, 1.82) is 0 Å². The molecular weight excluding hydrogens is 322 g/mol. The first-order valence-corrected chi connectivity index (χ1v) is 8.67. The summed E-state index contributed by atoms with van der Waals surface area (Å²) in [5.74, 6) is 6.95. The molecule has 3 rings (SSSR count). The number of carbonyl (C=O) groups is 1. The van der Waals surface area contributed by atoms with Crippen LogP contribution in [-0.2, 0) is 4.79 Å². The van der Waals surface area contributed by atoms with Gasteiger partial charge in [-0.25, -0.2) is 5.01 Å². The zero-order valence-electron chi connectivity index (χ0n) is 15.6. The smallest absolute Gasteiger partial charge is 0.199 e. The van der Waals surface area contributed by atoms with Gasteiger partial charge >= 0.3 is 0 Å². The zero-order chi connectivity index (χ0) is 18.7. The maximum atomic E-state index is 12.3. The van der Waals surface area contributed by atoms with Gasteiger partial charge < -0.3 is 0 Å². The van der Waals surface area contributed by atoms with Crippen LogP contribution in [-0.4, -0.2) is 17.8 Å². The number of rotatable bonds is 3. The molecule has 4 nitrogen and oxygen atoms in total. The van der Waals surface area contributed by atoms with Gasteiger partial charge in [-0.15, -0.1) is 5.10 Å². The maximum Gasteiger partial charge on any atom is 0.199 e. The summed E-state index contributed by atoms with van der Waals surface area (Å²) >= 11 is 0. The van der Waals surface area contributed by atoms with Crippen molar-refractivity contribution in [3.8, 4) is 11.8 Å². The van der Waals surface area contributed by atoms with Crippen molar-refractivity contribution in [3.63, 3.8) is 0 Å². The van der Waals surface area contributed by atoms with E-state index in [1.165, 1.54) is 6.92 Å². The Labute approximate surface area is 155 Å². The molecule has 0 fully saturated rings. The van der Waals surface area contributed by atoms with Crippen LogP contribution in [0.5, 0.6) is 0 Å². The summed E-state index contributed by atoms with van der Waals surface area (Å²) in [6.45, 7) is 7.75. The summed E-state index contributed by atoms with van der Waals surface area (Å²) in [6, 6.07) is 19.6. The first kappa shape index (κ1) is 17.8. The second-order valence-corrected chi connectivity index (χ2v) is 7.26. The van der Waals surface area contributed by atoms with Gasteiger partial charge in [0.1, 0.15) is 0 Å². The Hall–Kier alpha value is -3.06. The lowest BCUT2D eigenvalue weighted by Crippen LogP contribution is -2.43. The number of hydrogen-bond acceptors (Lipinski definition) is 4. The Balaban J connectivity index is 2.14. The van der Waals surface area contributed by atoms with Crippen LogP contribution in [0.25, 0.3) is 0 Å². The van der Waals surface area contributed by atoms with Crippen LogP contribution < -0.4 is 9.91 Å². The molecule has 0 saturated carbocycles. The second-order valence-electron chi connectivity index (χ2n) is 7.26. The molecule has 0 spiro atoms. The molecule has 0 radical (unpaired) electrons. The van der Waals surface area contributed by atoms with Crippen LogP contribution in [0.4, 0.5) is 11.4 Å². The summed E-state index contributed by atoms with van der Waals surface area (Å²) in [4.78, 5) is 14.2. The lowest BCUT2D eigenvalue weighted by molar-refractivity contribution is -0.111. The van der Waals surface area contributed by atoms with Crippen molar-refractivity contribution in [2.24, 2.45) is 10.5 Å². The third kappa shape index (κ3) is 3.78. The summed E-state index contributed by atoms with van der Waals surface area (Å²) in [6.07, 6.45) is -0.377. The van der Waals surface area contributed by atoms with Gasteiger partial charge in [-0.3, -0.25) is 9.69 Å². The molecule has 1 aliphatic heterocycles. The summed E-state index contributed by atoms with van der Waals surface area (Å²) < 4.78 is 0. The zero-order valence-corrected chi connectivity index (χ0v) is 15.6. The molecule has 132 valence electrons. The highest BCUT2D eigenvalue weighted by Gasteiger charge is 2.37. The summed E-state index contributed by atoms with van der Waals surface area (Å²) in [5.41, 5.74) is 1.65. The van der Waals surface area contributed by atoms with Crippen molar-refractivity contribution in [1.82, 2.24) is 0 Å². The molecule has 0 bridgehead atoms. The highest BCUT2D eigenvalue weighted by atomic mass is 16.1. The molecule has 4 heteroatoms. The largest absolute Gasteiger partial charge is 0.291 e. The molecule has 0 aliphatic carbocycles. The van der Waals surface area contributed by atoms with Gasteiger partial charge in [0.2, 0.25) is 0 Å². The molecular formula is C22H23N3O. The van der Waals surface area contributed by atoms with Crippen molar-refractivity contribution in [2.75, 3.05) is 9.91 Å². The fraction of sp³-hybridized carbons (Fsp3) is 0.273. The number of amidine groups is 1. The molecule has 1 heterocycles. The highest BCUT2D eigenvalue weighted by molar-refractivity contribution is 6.44. The minimum atomic E-state index is -0.377. The average Bonchev–Trinajstić information content (AvgIpc) is 3.01. The summed E-state index contributed by atoms with van der Waals surface area (Å²) in [7, 11) is 0. The van der Waals surface area contributed by atoms with E-state index in [9.17, 15) is 4.79 Å². The fourth-order valence-corrected chi connectivity index (χ4v) is 2.71. The number of hydrogen-bond donors (Lipinski definition) is 0. The number of ketones is 1. The third-order valence-corrected chi connectivity index (χ3v) is 3.85. The highest BCUT2D eigenvalue weighted by Crippen LogP contribution is 2.29. The Kier molecular flexibility index (Phi) is 4.81. The number of para-hydroxylation sites is 2. The SMILES string of the molecule is CC(=O)C1=NN(c2ccccc2)[C@@H](C#CC(C)(C)C)N1c1ccccc1. The van der Waals surface area contributed by atoms with Crippen LogP contribution >= 0.6 is 0 Å². The quantitative estimate of drug-likeness (QED) is 0.779. The predicted octanol–water partition coefficient (Wildman–Crippen LogP) is 4.29. The molecule has 2 aromatic rings. The fourth-order valence-electron chi connectivity index (χ4n) is 2.71. The monoisotopic (exact) mass is 345 g/mol. The first-order chi connectivity index (χ1) is 12.4. The Bertz CT molecular complexity index is 870.